The molecule has 2 heterocycles. The summed E-state index contributed by atoms with van der Waals surface area (Å²) in [6.07, 6.45) is 0.812. The van der Waals surface area contributed by atoms with Crippen molar-refractivity contribution >= 4 is 39.5 Å². The van der Waals surface area contributed by atoms with Crippen molar-refractivity contribution in [2.24, 2.45) is 5.16 Å². The van der Waals surface area contributed by atoms with E-state index in [-0.39, 0.29) is 0 Å². The van der Waals surface area contributed by atoms with E-state index >= 15 is 0 Å². The summed E-state index contributed by atoms with van der Waals surface area (Å²) in [6, 6.07) is 10.6. The lowest BCUT2D eigenvalue weighted by Gasteiger charge is -1.92. The van der Waals surface area contributed by atoms with Crippen LogP contribution < -0.4 is 4.72 Å². The molecule has 1 aliphatic rings. The van der Waals surface area contributed by atoms with Gasteiger partial charge in [0.15, 0.2) is 5.84 Å². The first-order valence-electron chi connectivity index (χ1n) is 4.55. The van der Waals surface area contributed by atoms with Crippen LogP contribution in [0.4, 0.5) is 0 Å². The van der Waals surface area contributed by atoms with E-state index in [9.17, 15) is 0 Å². The lowest BCUT2D eigenvalue weighted by atomic mass is 10.2. The predicted octanol–water partition coefficient (Wildman–Crippen LogP) is 2.94. The number of rotatable bonds is 2. The monoisotopic (exact) mass is 236 g/mol. The highest BCUT2D eigenvalue weighted by atomic mass is 32.2. The van der Waals surface area contributed by atoms with E-state index in [1.807, 2.05) is 0 Å². The van der Waals surface area contributed by atoms with Crippen LogP contribution >= 0.6 is 23.6 Å². The fourth-order valence-corrected chi connectivity index (χ4v) is 2.95. The second-order valence-corrected chi connectivity index (χ2v) is 4.91. The van der Waals surface area contributed by atoms with E-state index in [2.05, 4.69) is 40.2 Å². The Bertz CT molecular complexity index is 488. The molecular formula is C10H8N2OS2. The van der Waals surface area contributed by atoms with Crippen LogP contribution in [0, 0.1) is 0 Å². The number of hydrogen-bond acceptors (Lipinski definition) is 5. The highest BCUT2D eigenvalue weighted by Crippen LogP contribution is 2.26. The van der Waals surface area contributed by atoms with Gasteiger partial charge in [0.2, 0.25) is 12.2 Å². The summed E-state index contributed by atoms with van der Waals surface area (Å²) in [5, 5.41) is 5.17. The Morgan fingerprint density at radius 2 is 2.27 bits per heavy atom. The molecule has 1 N–H and O–H groups in total. The van der Waals surface area contributed by atoms with Crippen molar-refractivity contribution in [3.8, 4) is 0 Å². The molecule has 0 radical (unpaired) electrons. The molecule has 1 aliphatic heterocycles. The van der Waals surface area contributed by atoms with Gasteiger partial charge in [-0.25, -0.2) is 0 Å². The topological polar surface area (TPSA) is 33.6 Å². The Balaban J connectivity index is 1.91. The molecule has 2 aromatic rings. The first-order valence-corrected chi connectivity index (χ1v) is 6.11. The number of oxime groups is 1. The minimum Gasteiger partial charge on any atom is -0.297 e. The molecule has 0 aliphatic carbocycles. The summed E-state index contributed by atoms with van der Waals surface area (Å²) in [7, 11) is 0. The van der Waals surface area contributed by atoms with E-state index in [0.29, 0.717) is 0 Å². The zero-order valence-corrected chi connectivity index (χ0v) is 9.40. The Hall–Kier alpha value is -1.20. The molecule has 3 nitrogen and oxygen atoms in total. The molecule has 0 saturated carbocycles. The van der Waals surface area contributed by atoms with Crippen LogP contribution in [0.15, 0.2) is 35.5 Å². The molecule has 0 fully saturated rings. The Kier molecular flexibility index (Phi) is 2.26. The van der Waals surface area contributed by atoms with Crippen molar-refractivity contribution in [3.05, 3.63) is 35.2 Å². The lowest BCUT2D eigenvalue weighted by Crippen LogP contribution is -2.12. The second-order valence-electron chi connectivity index (χ2n) is 3.23. The van der Waals surface area contributed by atoms with Crippen molar-refractivity contribution in [2.75, 3.05) is 0 Å². The zero-order valence-electron chi connectivity index (χ0n) is 7.77. The van der Waals surface area contributed by atoms with E-state index in [1.54, 1.807) is 11.3 Å². The van der Waals surface area contributed by atoms with Crippen molar-refractivity contribution in [1.29, 1.82) is 0 Å². The summed E-state index contributed by atoms with van der Waals surface area (Å²) < 4.78 is 9.12. The minimum atomic E-state index is 0.812. The molecule has 15 heavy (non-hydrogen) atoms. The molecule has 0 unspecified atom stereocenters. The number of hydrogen-bond donors (Lipinski definition) is 1. The maximum Gasteiger partial charge on any atom is 0.208 e. The van der Waals surface area contributed by atoms with Crippen molar-refractivity contribution < 1.29 is 4.28 Å². The fraction of sp³-hybridized carbons (Fsp3) is 0.100. The van der Waals surface area contributed by atoms with E-state index in [4.69, 9.17) is 4.28 Å². The third kappa shape index (κ3) is 1.80. The normalized spacial score (nSPS) is 14.8. The molecule has 0 saturated heterocycles. The van der Waals surface area contributed by atoms with Crippen molar-refractivity contribution in [2.45, 2.75) is 6.42 Å². The zero-order chi connectivity index (χ0) is 10.1. The maximum absolute atomic E-state index is 4.80. The van der Waals surface area contributed by atoms with Crippen molar-refractivity contribution in [3.63, 3.8) is 0 Å². The lowest BCUT2D eigenvalue weighted by molar-refractivity contribution is 0.415. The van der Waals surface area contributed by atoms with Gasteiger partial charge >= 0.3 is 0 Å². The number of nitrogens with zero attached hydrogens (tertiary/aromatic N) is 1. The van der Waals surface area contributed by atoms with Gasteiger partial charge in [0, 0.05) is 16.0 Å². The number of amidine groups is 1. The van der Waals surface area contributed by atoms with E-state index < -0.39 is 0 Å². The highest BCUT2D eigenvalue weighted by Gasteiger charge is 2.10. The number of thiophene rings is 1. The fourth-order valence-electron chi connectivity index (χ4n) is 1.51. The van der Waals surface area contributed by atoms with E-state index in [1.165, 1.54) is 15.0 Å². The first-order chi connectivity index (χ1) is 7.42. The van der Waals surface area contributed by atoms with Gasteiger partial charge < -0.3 is 0 Å². The van der Waals surface area contributed by atoms with E-state index in [0.717, 1.165) is 24.5 Å². The van der Waals surface area contributed by atoms with Crippen LogP contribution in [-0.2, 0) is 10.7 Å². The molecule has 76 valence electrons. The van der Waals surface area contributed by atoms with Gasteiger partial charge in [0.1, 0.15) is 0 Å². The summed E-state index contributed by atoms with van der Waals surface area (Å²) >= 11 is 2.96. The Morgan fingerprint density at radius 3 is 3.07 bits per heavy atom. The molecule has 0 bridgehead atoms. The molecule has 1 aromatic carbocycles. The highest BCUT2D eigenvalue weighted by molar-refractivity contribution is 7.93. The molecular weight excluding hydrogens is 228 g/mol. The minimum absolute atomic E-state index is 0.812. The average molecular weight is 236 g/mol. The maximum atomic E-state index is 4.80. The molecule has 0 atom stereocenters. The summed E-state index contributed by atoms with van der Waals surface area (Å²) in [4.78, 5) is 1.30. The number of fused-ring (bicyclic) bond motifs is 1. The van der Waals surface area contributed by atoms with Gasteiger partial charge in [0.05, 0.1) is 0 Å². The molecule has 0 spiro atoms. The number of nitrogens with one attached hydrogen (secondary N) is 1. The average Bonchev–Trinajstić information content (AvgIpc) is 2.86. The summed E-state index contributed by atoms with van der Waals surface area (Å²) in [5.74, 6) is 0.881. The smallest absolute Gasteiger partial charge is 0.208 e. The predicted molar refractivity (Wildman–Crippen MR) is 64.8 cm³/mol. The third-order valence-electron chi connectivity index (χ3n) is 2.16. The Labute approximate surface area is 95.5 Å². The standard InChI is InChI=1S/C10H8N2OS2/c1-2-4-9-7(3-1)5-8(14-9)6-10-11-13-15-12-10/h1-5H,6H2,(H,11,12). The van der Waals surface area contributed by atoms with Crippen molar-refractivity contribution in [1.82, 2.24) is 4.72 Å². The SMILES string of the molecule is c1ccc2sc(CC3=NOSN3)cc2c1. The summed E-state index contributed by atoms with van der Waals surface area (Å²) in [5.41, 5.74) is 0. The largest absolute Gasteiger partial charge is 0.297 e. The van der Waals surface area contributed by atoms with Gasteiger partial charge in [-0.1, -0.05) is 23.4 Å². The second kappa shape index (κ2) is 3.75. The van der Waals surface area contributed by atoms with Gasteiger partial charge in [0.25, 0.3) is 0 Å². The van der Waals surface area contributed by atoms with Crippen LogP contribution in [0.25, 0.3) is 10.1 Å². The third-order valence-corrected chi connectivity index (χ3v) is 3.75. The van der Waals surface area contributed by atoms with Crippen LogP contribution in [0.3, 0.4) is 0 Å². The van der Waals surface area contributed by atoms with Gasteiger partial charge in [-0.3, -0.25) is 9.01 Å². The molecule has 0 amide bonds. The van der Waals surface area contributed by atoms with Crippen LogP contribution in [0.5, 0.6) is 0 Å². The van der Waals surface area contributed by atoms with Crippen LogP contribution in [-0.4, -0.2) is 5.84 Å². The molecule has 5 heteroatoms. The van der Waals surface area contributed by atoms with Gasteiger partial charge in [-0.2, -0.15) is 0 Å². The van der Waals surface area contributed by atoms with Gasteiger partial charge in [-0.05, 0) is 17.5 Å². The van der Waals surface area contributed by atoms with Crippen LogP contribution in [0.2, 0.25) is 0 Å². The number of benzene rings is 1. The summed E-state index contributed by atoms with van der Waals surface area (Å²) in [6.45, 7) is 0. The quantitative estimate of drug-likeness (QED) is 0.643. The first kappa shape index (κ1) is 9.06. The molecule has 3 rings (SSSR count). The molecule has 1 aromatic heterocycles. The Morgan fingerprint density at radius 1 is 1.33 bits per heavy atom. The van der Waals surface area contributed by atoms with Gasteiger partial charge in [-0.15, -0.1) is 11.3 Å². The van der Waals surface area contributed by atoms with Crippen LogP contribution in [0.1, 0.15) is 4.88 Å².